The minimum Gasteiger partial charge on any atom is -0.263 e. The zero-order valence-electron chi connectivity index (χ0n) is 6.87. The lowest BCUT2D eigenvalue weighted by atomic mass is 10.1. The first-order valence-corrected chi connectivity index (χ1v) is 4.60. The molecule has 0 aromatic heterocycles. The van der Waals surface area contributed by atoms with Crippen LogP contribution in [0.5, 0.6) is 0 Å². The lowest BCUT2D eigenvalue weighted by Gasteiger charge is -2.15. The maximum atomic E-state index is 10.4. The van der Waals surface area contributed by atoms with Crippen LogP contribution in [0.15, 0.2) is 36.4 Å². The first-order chi connectivity index (χ1) is 6.04. The highest BCUT2D eigenvalue weighted by molar-refractivity contribution is 9.10. The second-order valence-corrected chi connectivity index (χ2v) is 4.01. The lowest BCUT2D eigenvalue weighted by molar-refractivity contribution is -0.521. The third-order valence-corrected chi connectivity index (χ3v) is 2.54. The van der Waals surface area contributed by atoms with E-state index in [9.17, 15) is 10.1 Å². The van der Waals surface area contributed by atoms with Gasteiger partial charge in [0.2, 0.25) is 0 Å². The highest BCUT2D eigenvalue weighted by Crippen LogP contribution is 2.30. The summed E-state index contributed by atoms with van der Waals surface area (Å²) in [6, 6.07) is 0. The molecule has 72 valence electrons. The second kappa shape index (κ2) is 5.19. The standard InChI is InChI=1S/C6H5BrClNO2.C2H4/c7-6(9(10)11)3-1-5(8)2-4-6;1-2/h1-3H,4H2;1-2H2. The van der Waals surface area contributed by atoms with Crippen molar-refractivity contribution in [2.75, 3.05) is 0 Å². The molecule has 0 saturated carbocycles. The number of nitro groups is 1. The summed E-state index contributed by atoms with van der Waals surface area (Å²) < 4.78 is -1.15. The zero-order chi connectivity index (χ0) is 10.5. The number of nitrogens with zero attached hydrogens (tertiary/aromatic N) is 1. The van der Waals surface area contributed by atoms with Crippen LogP contribution in [-0.2, 0) is 0 Å². The number of hydrogen-bond donors (Lipinski definition) is 0. The van der Waals surface area contributed by atoms with Gasteiger partial charge in [0.15, 0.2) is 0 Å². The highest BCUT2D eigenvalue weighted by atomic mass is 79.9. The summed E-state index contributed by atoms with van der Waals surface area (Å²) in [5.41, 5.74) is 0. The molecule has 0 amide bonds. The fourth-order valence-corrected chi connectivity index (χ4v) is 1.15. The Morgan fingerprint density at radius 1 is 1.69 bits per heavy atom. The van der Waals surface area contributed by atoms with Gasteiger partial charge in [-0.1, -0.05) is 17.7 Å². The van der Waals surface area contributed by atoms with Crippen LogP contribution < -0.4 is 0 Å². The van der Waals surface area contributed by atoms with Gasteiger partial charge in [-0.05, 0) is 6.08 Å². The van der Waals surface area contributed by atoms with Gasteiger partial charge in [-0.15, -0.1) is 13.2 Å². The molecule has 0 fully saturated rings. The summed E-state index contributed by atoms with van der Waals surface area (Å²) in [4.78, 5) is 10.0. The van der Waals surface area contributed by atoms with Crippen molar-refractivity contribution in [1.82, 2.24) is 0 Å². The Morgan fingerprint density at radius 3 is 2.54 bits per heavy atom. The van der Waals surface area contributed by atoms with Crippen molar-refractivity contribution in [2.45, 2.75) is 10.9 Å². The third-order valence-electron chi connectivity index (χ3n) is 1.38. The number of hydrogen-bond acceptors (Lipinski definition) is 2. The highest BCUT2D eigenvalue weighted by Gasteiger charge is 2.36. The normalized spacial score (nSPS) is 25.5. The van der Waals surface area contributed by atoms with Gasteiger partial charge < -0.3 is 0 Å². The molecule has 0 saturated heterocycles. The Labute approximate surface area is 90.0 Å². The molecule has 1 aliphatic rings. The summed E-state index contributed by atoms with van der Waals surface area (Å²) in [7, 11) is 0. The molecular formula is C8H9BrClNO2. The van der Waals surface area contributed by atoms with Crippen LogP contribution >= 0.6 is 27.5 Å². The van der Waals surface area contributed by atoms with E-state index in [-0.39, 0.29) is 11.3 Å². The Balaban J connectivity index is 0.000000671. The monoisotopic (exact) mass is 265 g/mol. The smallest absolute Gasteiger partial charge is 0.263 e. The average molecular weight is 267 g/mol. The molecule has 0 bridgehead atoms. The van der Waals surface area contributed by atoms with Crippen LogP contribution in [0.3, 0.4) is 0 Å². The topological polar surface area (TPSA) is 43.1 Å². The first-order valence-electron chi connectivity index (χ1n) is 3.43. The predicted octanol–water partition coefficient (Wildman–Crippen LogP) is 3.24. The largest absolute Gasteiger partial charge is 0.296 e. The van der Waals surface area contributed by atoms with Crippen LogP contribution in [0, 0.1) is 10.1 Å². The van der Waals surface area contributed by atoms with E-state index in [4.69, 9.17) is 11.6 Å². The predicted molar refractivity (Wildman–Crippen MR) is 57.6 cm³/mol. The van der Waals surface area contributed by atoms with Gasteiger partial charge in [0.05, 0.1) is 6.42 Å². The second-order valence-electron chi connectivity index (χ2n) is 2.20. The molecule has 0 N–H and O–H groups in total. The quantitative estimate of drug-likeness (QED) is 0.240. The van der Waals surface area contributed by atoms with E-state index in [1.807, 2.05) is 0 Å². The SMILES string of the molecule is C=C.O=[N+]([O-])C1(Br)C=CC(Cl)=CC1. The summed E-state index contributed by atoms with van der Waals surface area (Å²) >= 11 is 8.58. The number of alkyl halides is 1. The van der Waals surface area contributed by atoms with Crippen molar-refractivity contribution >= 4 is 27.5 Å². The van der Waals surface area contributed by atoms with Gasteiger partial charge in [0, 0.05) is 32.0 Å². The Bertz CT molecular complexity index is 265. The van der Waals surface area contributed by atoms with Crippen LogP contribution in [0.25, 0.3) is 0 Å². The number of rotatable bonds is 1. The molecule has 0 aliphatic heterocycles. The third kappa shape index (κ3) is 3.32. The molecule has 0 heterocycles. The Kier molecular flexibility index (Phi) is 4.95. The Morgan fingerprint density at radius 2 is 2.23 bits per heavy atom. The van der Waals surface area contributed by atoms with Crippen LogP contribution in [0.4, 0.5) is 0 Å². The molecule has 1 aliphatic carbocycles. The lowest BCUT2D eigenvalue weighted by Crippen LogP contribution is -2.29. The molecule has 3 nitrogen and oxygen atoms in total. The van der Waals surface area contributed by atoms with Crippen LogP contribution in [0.1, 0.15) is 6.42 Å². The minimum atomic E-state index is -1.15. The zero-order valence-corrected chi connectivity index (χ0v) is 9.21. The molecule has 5 heteroatoms. The molecule has 1 rings (SSSR count). The molecule has 13 heavy (non-hydrogen) atoms. The van der Waals surface area contributed by atoms with Crippen molar-refractivity contribution in [3.05, 3.63) is 46.5 Å². The van der Waals surface area contributed by atoms with Crippen molar-refractivity contribution < 1.29 is 4.92 Å². The molecule has 0 radical (unpaired) electrons. The fraction of sp³-hybridized carbons (Fsp3) is 0.250. The van der Waals surface area contributed by atoms with E-state index >= 15 is 0 Å². The molecule has 0 aromatic rings. The van der Waals surface area contributed by atoms with E-state index < -0.39 is 4.45 Å². The number of halogens is 2. The van der Waals surface area contributed by atoms with E-state index in [1.54, 1.807) is 6.08 Å². The van der Waals surface area contributed by atoms with Gasteiger partial charge in [0.25, 0.3) is 4.45 Å². The van der Waals surface area contributed by atoms with Gasteiger partial charge in [0.1, 0.15) is 0 Å². The summed E-state index contributed by atoms with van der Waals surface area (Å²) in [6.07, 6.45) is 4.85. The van der Waals surface area contributed by atoms with Crippen molar-refractivity contribution in [2.24, 2.45) is 0 Å². The van der Waals surface area contributed by atoms with Crippen molar-refractivity contribution in [1.29, 1.82) is 0 Å². The average Bonchev–Trinajstić information content (AvgIpc) is 2.14. The molecule has 1 atom stereocenters. The van der Waals surface area contributed by atoms with E-state index in [1.165, 1.54) is 12.2 Å². The fourth-order valence-electron chi connectivity index (χ4n) is 0.719. The van der Waals surface area contributed by atoms with E-state index in [2.05, 4.69) is 29.1 Å². The van der Waals surface area contributed by atoms with Crippen molar-refractivity contribution in [3.63, 3.8) is 0 Å². The van der Waals surface area contributed by atoms with Gasteiger partial charge in [-0.3, -0.25) is 10.1 Å². The minimum absolute atomic E-state index is 0.287. The summed E-state index contributed by atoms with van der Waals surface area (Å²) in [6.45, 7) is 6.00. The molecular weight excluding hydrogens is 257 g/mol. The maximum absolute atomic E-state index is 10.4. The van der Waals surface area contributed by atoms with Crippen LogP contribution in [0.2, 0.25) is 0 Å². The van der Waals surface area contributed by atoms with E-state index in [0.29, 0.717) is 5.03 Å². The Hall–Kier alpha value is -0.610. The number of allylic oxidation sites excluding steroid dienone is 2. The molecule has 1 unspecified atom stereocenters. The summed E-state index contributed by atoms with van der Waals surface area (Å²) in [5, 5.41) is 11.0. The van der Waals surface area contributed by atoms with Crippen molar-refractivity contribution in [3.8, 4) is 0 Å². The first kappa shape index (κ1) is 12.4. The molecule has 0 spiro atoms. The van der Waals surface area contributed by atoms with Gasteiger partial charge in [-0.2, -0.15) is 0 Å². The van der Waals surface area contributed by atoms with E-state index in [0.717, 1.165) is 0 Å². The summed E-state index contributed by atoms with van der Waals surface area (Å²) in [5.74, 6) is 0. The van der Waals surface area contributed by atoms with Gasteiger partial charge >= 0.3 is 0 Å². The van der Waals surface area contributed by atoms with Gasteiger partial charge in [-0.25, -0.2) is 0 Å². The molecule has 0 aromatic carbocycles. The maximum Gasteiger partial charge on any atom is 0.296 e. The van der Waals surface area contributed by atoms with Crippen LogP contribution in [-0.4, -0.2) is 9.37 Å².